The SMILES string of the molecule is O=[N+]([O-])c1ccc(Nc2ccc3[nH]ccc3c2)c2ccncc12. The molecule has 23 heavy (non-hydrogen) atoms. The predicted octanol–water partition coefficient (Wildman–Crippen LogP) is 4.37. The number of nitrogens with one attached hydrogen (secondary N) is 2. The minimum absolute atomic E-state index is 0.0553. The van der Waals surface area contributed by atoms with Crippen LogP contribution in [-0.2, 0) is 0 Å². The number of rotatable bonds is 3. The van der Waals surface area contributed by atoms with E-state index in [9.17, 15) is 10.1 Å². The number of nitro benzene ring substituents is 1. The van der Waals surface area contributed by atoms with Gasteiger partial charge in [0.2, 0.25) is 0 Å². The van der Waals surface area contributed by atoms with Crippen molar-refractivity contribution in [2.75, 3.05) is 5.32 Å². The Hall–Kier alpha value is -3.41. The van der Waals surface area contributed by atoms with Crippen molar-refractivity contribution < 1.29 is 4.92 Å². The zero-order valence-electron chi connectivity index (χ0n) is 12.0. The van der Waals surface area contributed by atoms with E-state index in [1.54, 1.807) is 18.3 Å². The average molecular weight is 304 g/mol. The van der Waals surface area contributed by atoms with Gasteiger partial charge < -0.3 is 10.3 Å². The maximum absolute atomic E-state index is 11.2. The quantitative estimate of drug-likeness (QED) is 0.435. The van der Waals surface area contributed by atoms with Crippen LogP contribution in [0.15, 0.2) is 61.1 Å². The van der Waals surface area contributed by atoms with E-state index < -0.39 is 0 Å². The molecule has 0 fully saturated rings. The highest BCUT2D eigenvalue weighted by molar-refractivity contribution is 6.00. The molecule has 6 heteroatoms. The lowest BCUT2D eigenvalue weighted by Crippen LogP contribution is -1.95. The molecule has 0 radical (unpaired) electrons. The van der Waals surface area contributed by atoms with Crippen molar-refractivity contribution in [3.63, 3.8) is 0 Å². The number of aromatic amines is 1. The summed E-state index contributed by atoms with van der Waals surface area (Å²) in [5, 5.41) is 16.9. The first-order valence-corrected chi connectivity index (χ1v) is 7.08. The van der Waals surface area contributed by atoms with Crippen LogP contribution in [0.5, 0.6) is 0 Å². The number of benzene rings is 2. The Morgan fingerprint density at radius 2 is 2.00 bits per heavy atom. The van der Waals surface area contributed by atoms with Gasteiger partial charge in [-0.15, -0.1) is 0 Å². The highest BCUT2D eigenvalue weighted by Crippen LogP contribution is 2.32. The second-order valence-corrected chi connectivity index (χ2v) is 5.22. The monoisotopic (exact) mass is 304 g/mol. The van der Waals surface area contributed by atoms with Crippen molar-refractivity contribution in [3.05, 3.63) is 71.2 Å². The zero-order valence-corrected chi connectivity index (χ0v) is 12.0. The second-order valence-electron chi connectivity index (χ2n) is 5.22. The molecule has 4 aromatic rings. The number of nitrogens with zero attached hydrogens (tertiary/aromatic N) is 2. The molecular formula is C17H12N4O2. The first kappa shape index (κ1) is 13.3. The van der Waals surface area contributed by atoms with Crippen molar-refractivity contribution in [3.8, 4) is 0 Å². The van der Waals surface area contributed by atoms with Gasteiger partial charge in [0.05, 0.1) is 10.3 Å². The Morgan fingerprint density at radius 1 is 1.09 bits per heavy atom. The molecule has 2 heterocycles. The van der Waals surface area contributed by atoms with Crippen molar-refractivity contribution >= 4 is 38.7 Å². The summed E-state index contributed by atoms with van der Waals surface area (Å²) in [6, 6.07) is 13.0. The van der Waals surface area contributed by atoms with Gasteiger partial charge >= 0.3 is 0 Å². The van der Waals surface area contributed by atoms with Crippen LogP contribution in [0.3, 0.4) is 0 Å². The summed E-state index contributed by atoms with van der Waals surface area (Å²) in [5.74, 6) is 0. The Bertz CT molecular complexity index is 1040. The van der Waals surface area contributed by atoms with Gasteiger partial charge in [-0.1, -0.05) is 0 Å². The Labute approximate surface area is 130 Å². The smallest absolute Gasteiger partial charge is 0.278 e. The van der Waals surface area contributed by atoms with E-state index in [-0.39, 0.29) is 10.6 Å². The summed E-state index contributed by atoms with van der Waals surface area (Å²) in [5.41, 5.74) is 2.85. The molecule has 0 atom stereocenters. The topological polar surface area (TPSA) is 83.9 Å². The minimum atomic E-state index is -0.389. The highest BCUT2D eigenvalue weighted by Gasteiger charge is 2.14. The lowest BCUT2D eigenvalue weighted by Gasteiger charge is -2.10. The molecule has 2 aromatic carbocycles. The number of aromatic nitrogens is 2. The van der Waals surface area contributed by atoms with Crippen molar-refractivity contribution in [2.24, 2.45) is 0 Å². The van der Waals surface area contributed by atoms with Crippen LogP contribution in [-0.4, -0.2) is 14.9 Å². The fourth-order valence-corrected chi connectivity index (χ4v) is 2.73. The number of nitro groups is 1. The maximum atomic E-state index is 11.2. The van der Waals surface area contributed by atoms with Crippen LogP contribution >= 0.6 is 0 Å². The molecule has 0 bridgehead atoms. The Balaban J connectivity index is 1.82. The van der Waals surface area contributed by atoms with E-state index >= 15 is 0 Å². The van der Waals surface area contributed by atoms with Crippen molar-refractivity contribution in [2.45, 2.75) is 0 Å². The fourth-order valence-electron chi connectivity index (χ4n) is 2.73. The Morgan fingerprint density at radius 3 is 2.87 bits per heavy atom. The van der Waals surface area contributed by atoms with Gasteiger partial charge in [-0.2, -0.15) is 0 Å². The first-order valence-electron chi connectivity index (χ1n) is 7.08. The molecule has 2 aromatic heterocycles. The third-order valence-electron chi connectivity index (χ3n) is 3.82. The number of hydrogen-bond donors (Lipinski definition) is 2. The second kappa shape index (κ2) is 5.10. The van der Waals surface area contributed by atoms with Gasteiger partial charge in [0, 0.05) is 52.3 Å². The van der Waals surface area contributed by atoms with Crippen molar-refractivity contribution in [1.82, 2.24) is 9.97 Å². The van der Waals surface area contributed by atoms with Crippen LogP contribution in [0.1, 0.15) is 0 Å². The molecule has 2 N–H and O–H groups in total. The van der Waals surface area contributed by atoms with Gasteiger partial charge in [-0.3, -0.25) is 15.1 Å². The minimum Gasteiger partial charge on any atom is -0.361 e. The number of hydrogen-bond acceptors (Lipinski definition) is 4. The molecule has 0 aliphatic rings. The molecule has 0 saturated heterocycles. The number of anilines is 2. The van der Waals surface area contributed by atoms with E-state index in [1.807, 2.05) is 30.5 Å². The van der Waals surface area contributed by atoms with Crippen LogP contribution < -0.4 is 5.32 Å². The van der Waals surface area contributed by atoms with Crippen LogP contribution in [0.4, 0.5) is 17.1 Å². The molecule has 0 aliphatic heterocycles. The largest absolute Gasteiger partial charge is 0.361 e. The number of non-ortho nitro benzene ring substituents is 1. The molecule has 6 nitrogen and oxygen atoms in total. The summed E-state index contributed by atoms with van der Waals surface area (Å²) < 4.78 is 0. The highest BCUT2D eigenvalue weighted by atomic mass is 16.6. The summed E-state index contributed by atoms with van der Waals surface area (Å²) >= 11 is 0. The van der Waals surface area contributed by atoms with E-state index in [0.717, 1.165) is 27.7 Å². The van der Waals surface area contributed by atoms with Gasteiger partial charge in [0.25, 0.3) is 5.69 Å². The van der Waals surface area contributed by atoms with Crippen LogP contribution in [0, 0.1) is 10.1 Å². The van der Waals surface area contributed by atoms with E-state index in [4.69, 9.17) is 0 Å². The number of pyridine rings is 1. The molecular weight excluding hydrogens is 292 g/mol. The van der Waals surface area contributed by atoms with E-state index in [2.05, 4.69) is 15.3 Å². The van der Waals surface area contributed by atoms with Gasteiger partial charge in [0.15, 0.2) is 0 Å². The molecule has 0 amide bonds. The van der Waals surface area contributed by atoms with Crippen molar-refractivity contribution in [1.29, 1.82) is 0 Å². The number of H-pyrrole nitrogens is 1. The zero-order chi connectivity index (χ0) is 15.8. The Kier molecular flexibility index (Phi) is 2.94. The van der Waals surface area contributed by atoms with Gasteiger partial charge in [0.1, 0.15) is 0 Å². The van der Waals surface area contributed by atoms with Gasteiger partial charge in [-0.25, -0.2) is 0 Å². The lowest BCUT2D eigenvalue weighted by atomic mass is 10.1. The van der Waals surface area contributed by atoms with E-state index in [0.29, 0.717) is 5.39 Å². The number of fused-ring (bicyclic) bond motifs is 2. The maximum Gasteiger partial charge on any atom is 0.278 e. The average Bonchev–Trinajstić information content (AvgIpc) is 3.02. The summed E-state index contributed by atoms with van der Waals surface area (Å²) in [6.45, 7) is 0. The van der Waals surface area contributed by atoms with Crippen LogP contribution in [0.2, 0.25) is 0 Å². The summed E-state index contributed by atoms with van der Waals surface area (Å²) in [7, 11) is 0. The molecule has 0 spiro atoms. The van der Waals surface area contributed by atoms with Crippen LogP contribution in [0.25, 0.3) is 21.7 Å². The molecule has 112 valence electrons. The van der Waals surface area contributed by atoms with Gasteiger partial charge in [-0.05, 0) is 36.4 Å². The molecule has 0 unspecified atom stereocenters. The lowest BCUT2D eigenvalue weighted by molar-refractivity contribution is -0.383. The third-order valence-corrected chi connectivity index (χ3v) is 3.82. The van der Waals surface area contributed by atoms with E-state index in [1.165, 1.54) is 12.3 Å². The first-order chi connectivity index (χ1) is 11.2. The summed E-state index contributed by atoms with van der Waals surface area (Å²) in [6.07, 6.45) is 5.04. The fraction of sp³-hybridized carbons (Fsp3) is 0. The molecule has 0 aliphatic carbocycles. The third kappa shape index (κ3) is 2.26. The molecule has 4 rings (SSSR count). The molecule has 0 saturated carbocycles. The summed E-state index contributed by atoms with van der Waals surface area (Å²) in [4.78, 5) is 17.9. The standard InChI is InChI=1S/C17H12N4O2/c22-21(23)17-4-3-16(13-6-7-18-10-14(13)17)20-12-1-2-15-11(9-12)5-8-19-15/h1-10,19-20H. The predicted molar refractivity (Wildman–Crippen MR) is 90.0 cm³/mol. The normalized spacial score (nSPS) is 11.0.